The lowest BCUT2D eigenvalue weighted by Crippen LogP contribution is -1.98. The Morgan fingerprint density at radius 1 is 0.694 bits per heavy atom. The van der Waals surface area contributed by atoms with Crippen LogP contribution in [0.1, 0.15) is 0 Å². The van der Waals surface area contributed by atoms with Crippen molar-refractivity contribution in [2.45, 2.75) is 0 Å². The predicted molar refractivity (Wildman–Crippen MR) is 140 cm³/mol. The fourth-order valence-electron chi connectivity index (χ4n) is 4.89. The van der Waals surface area contributed by atoms with Crippen LogP contribution in [0.25, 0.3) is 60.4 Å². The van der Waals surface area contributed by atoms with E-state index in [0.29, 0.717) is 11.5 Å². The van der Waals surface area contributed by atoms with Crippen LogP contribution in [0.2, 0.25) is 0 Å². The third kappa shape index (κ3) is 2.99. The topological polar surface area (TPSA) is 65.8 Å². The van der Waals surface area contributed by atoms with Gasteiger partial charge in [0.2, 0.25) is 0 Å². The van der Waals surface area contributed by atoms with Crippen LogP contribution in [-0.2, 0) is 0 Å². The number of aromatic nitrogens is 6. The molecule has 0 N–H and O–H groups in total. The maximum Gasteiger partial charge on any atom is 0.188 e. The van der Waals surface area contributed by atoms with E-state index in [0.717, 1.165) is 49.8 Å². The van der Waals surface area contributed by atoms with E-state index in [4.69, 9.17) is 11.6 Å². The van der Waals surface area contributed by atoms with Gasteiger partial charge >= 0.3 is 0 Å². The minimum Gasteiger partial charge on any atom is -0.309 e. The Kier molecular flexibility index (Phi) is 4.38. The zero-order valence-electron chi connectivity index (χ0n) is 18.9. The second kappa shape index (κ2) is 7.86. The monoisotopic (exact) mass is 463 g/mol. The van der Waals surface area contributed by atoms with Crippen LogP contribution >= 0.6 is 0 Å². The van der Waals surface area contributed by atoms with Gasteiger partial charge in [-0.1, -0.05) is 36.4 Å². The largest absolute Gasteiger partial charge is 0.309 e. The average Bonchev–Trinajstić information content (AvgIpc) is 3.52. The van der Waals surface area contributed by atoms with Crippen LogP contribution in [0.3, 0.4) is 0 Å². The molecule has 3 aromatic heterocycles. The molecular formula is C29H17N7. The van der Waals surface area contributed by atoms with Crippen LogP contribution < -0.4 is 0 Å². The van der Waals surface area contributed by atoms with Crippen LogP contribution in [0.15, 0.2) is 104 Å². The lowest BCUT2D eigenvalue weighted by Gasteiger charge is -2.11. The van der Waals surface area contributed by atoms with E-state index in [1.807, 2.05) is 54.9 Å². The van der Waals surface area contributed by atoms with E-state index in [9.17, 15) is 0 Å². The van der Waals surface area contributed by atoms with Gasteiger partial charge in [-0.2, -0.15) is 0 Å². The molecule has 7 aromatic rings. The van der Waals surface area contributed by atoms with Crippen molar-refractivity contribution in [2.24, 2.45) is 0 Å². The van der Waals surface area contributed by atoms with E-state index in [1.165, 1.54) is 12.7 Å². The Morgan fingerprint density at radius 3 is 2.36 bits per heavy atom. The molecule has 36 heavy (non-hydrogen) atoms. The first-order chi connectivity index (χ1) is 17.8. The van der Waals surface area contributed by atoms with Crippen molar-refractivity contribution in [1.29, 1.82) is 0 Å². The van der Waals surface area contributed by atoms with Crippen molar-refractivity contribution in [3.05, 3.63) is 115 Å². The van der Waals surface area contributed by atoms with E-state index < -0.39 is 0 Å². The van der Waals surface area contributed by atoms with E-state index in [-0.39, 0.29) is 0 Å². The molecule has 3 heterocycles. The highest BCUT2D eigenvalue weighted by Gasteiger charge is 2.18. The number of hydrogen-bond acceptors (Lipinski definition) is 4. The van der Waals surface area contributed by atoms with Crippen molar-refractivity contribution < 1.29 is 0 Å². The highest BCUT2D eigenvalue weighted by molar-refractivity contribution is 6.14. The van der Waals surface area contributed by atoms with Crippen molar-refractivity contribution in [3.63, 3.8) is 0 Å². The molecule has 0 aliphatic heterocycles. The fourth-order valence-corrected chi connectivity index (χ4v) is 4.89. The lowest BCUT2D eigenvalue weighted by atomic mass is 10.1. The van der Waals surface area contributed by atoms with Gasteiger partial charge in [-0.25, -0.2) is 24.8 Å². The number of benzene rings is 4. The van der Waals surface area contributed by atoms with Gasteiger partial charge in [-0.3, -0.25) is 4.57 Å². The molecule has 0 saturated carbocycles. The zero-order chi connectivity index (χ0) is 24.1. The first-order valence-electron chi connectivity index (χ1n) is 11.4. The highest BCUT2D eigenvalue weighted by Crippen LogP contribution is 2.39. The van der Waals surface area contributed by atoms with E-state index in [2.05, 4.69) is 65.3 Å². The number of rotatable bonds is 3. The Morgan fingerprint density at radius 2 is 1.53 bits per heavy atom. The summed E-state index contributed by atoms with van der Waals surface area (Å²) in [6, 6.07) is 28.4. The minimum atomic E-state index is 0.597. The molecule has 7 rings (SSSR count). The smallest absolute Gasteiger partial charge is 0.188 e. The number of hydrogen-bond donors (Lipinski definition) is 0. The molecule has 0 amide bonds. The van der Waals surface area contributed by atoms with Gasteiger partial charge in [-0.05, 0) is 53.9 Å². The predicted octanol–water partition coefficient (Wildman–Crippen LogP) is 6.53. The van der Waals surface area contributed by atoms with Gasteiger partial charge < -0.3 is 4.57 Å². The summed E-state index contributed by atoms with van der Waals surface area (Å²) in [5.74, 6) is 0.597. The second-order valence-corrected chi connectivity index (χ2v) is 8.44. The molecule has 0 unspecified atom stereocenters. The average molecular weight is 464 g/mol. The summed E-state index contributed by atoms with van der Waals surface area (Å²) in [5.41, 5.74) is 7.42. The number of imidazole rings is 1. The fraction of sp³-hybridized carbons (Fsp3) is 0. The Bertz CT molecular complexity index is 1950. The Balaban J connectivity index is 1.54. The minimum absolute atomic E-state index is 0.597. The third-order valence-corrected chi connectivity index (χ3v) is 6.46. The normalized spacial score (nSPS) is 11.3. The van der Waals surface area contributed by atoms with Crippen LogP contribution in [-0.4, -0.2) is 29.1 Å². The van der Waals surface area contributed by atoms with Gasteiger partial charge in [0.15, 0.2) is 11.5 Å². The molecule has 4 aromatic carbocycles. The van der Waals surface area contributed by atoms with Gasteiger partial charge in [0.05, 0.1) is 28.6 Å². The van der Waals surface area contributed by atoms with E-state index >= 15 is 0 Å². The molecule has 0 fully saturated rings. The van der Waals surface area contributed by atoms with Crippen molar-refractivity contribution in [1.82, 2.24) is 29.1 Å². The van der Waals surface area contributed by atoms with Gasteiger partial charge in [-0.15, -0.1) is 0 Å². The number of para-hydroxylation sites is 2. The molecule has 7 nitrogen and oxygen atoms in total. The lowest BCUT2D eigenvalue weighted by molar-refractivity contribution is 1.05. The number of fused-ring (bicyclic) bond motifs is 4. The molecule has 168 valence electrons. The molecule has 0 atom stereocenters. The van der Waals surface area contributed by atoms with Crippen molar-refractivity contribution >= 4 is 38.5 Å². The van der Waals surface area contributed by atoms with Crippen LogP contribution in [0, 0.1) is 6.57 Å². The van der Waals surface area contributed by atoms with Gasteiger partial charge in [0.1, 0.15) is 19.0 Å². The molecule has 0 bridgehead atoms. The first kappa shape index (κ1) is 20.1. The Labute approximate surface area is 205 Å². The molecule has 0 spiro atoms. The molecule has 0 aliphatic rings. The molecule has 0 radical (unpaired) electrons. The van der Waals surface area contributed by atoms with Crippen molar-refractivity contribution in [2.75, 3.05) is 0 Å². The highest BCUT2D eigenvalue weighted by atomic mass is 15.1. The molecule has 0 aliphatic carbocycles. The zero-order valence-corrected chi connectivity index (χ0v) is 18.9. The molecule has 7 heteroatoms. The molecular weight excluding hydrogens is 446 g/mol. The summed E-state index contributed by atoms with van der Waals surface area (Å²) in [5, 5.41) is 2.03. The summed E-state index contributed by atoms with van der Waals surface area (Å²) in [4.78, 5) is 21.2. The maximum absolute atomic E-state index is 7.52. The van der Waals surface area contributed by atoms with Crippen molar-refractivity contribution in [3.8, 4) is 22.8 Å². The quantitative estimate of drug-likeness (QED) is 0.280. The molecule has 0 saturated heterocycles. The summed E-state index contributed by atoms with van der Waals surface area (Å²) < 4.78 is 4.29. The summed E-state index contributed by atoms with van der Waals surface area (Å²) in [6.07, 6.45) is 4.87. The van der Waals surface area contributed by atoms with Gasteiger partial charge in [0, 0.05) is 22.3 Å². The summed E-state index contributed by atoms with van der Waals surface area (Å²) in [7, 11) is 0. The van der Waals surface area contributed by atoms with E-state index in [1.54, 1.807) is 0 Å². The summed E-state index contributed by atoms with van der Waals surface area (Å²) >= 11 is 0. The maximum atomic E-state index is 7.52. The standard InChI is InChI=1S/C29H17N7/c1-30-19-10-12-26-24(14-19)22-8-5-9-23(29-32-16-31-17-33-29)28(22)36(26)21-11-13-27-25(15-21)34-18-35(27)20-6-3-2-4-7-20/h2-18H. The third-order valence-electron chi connectivity index (χ3n) is 6.46. The number of nitrogens with zero attached hydrogens (tertiary/aromatic N) is 7. The van der Waals surface area contributed by atoms with Crippen LogP contribution in [0.5, 0.6) is 0 Å². The second-order valence-electron chi connectivity index (χ2n) is 8.44. The first-order valence-corrected chi connectivity index (χ1v) is 11.4. The SMILES string of the molecule is [C-]#[N+]c1ccc2c(c1)c1cccc(-c3ncncn3)c1n2-c1ccc2c(c1)ncn2-c1ccccc1. The van der Waals surface area contributed by atoms with Crippen LogP contribution in [0.4, 0.5) is 5.69 Å². The Hall–Kier alpha value is -5.35. The summed E-state index contributed by atoms with van der Waals surface area (Å²) in [6.45, 7) is 7.52. The van der Waals surface area contributed by atoms with Gasteiger partial charge in [0.25, 0.3) is 0 Å².